The van der Waals surface area contributed by atoms with Crippen LogP contribution in [0.2, 0.25) is 0 Å². The zero-order valence-corrected chi connectivity index (χ0v) is 9.44. The number of hydrogen-bond donors (Lipinski definition) is 2. The average Bonchev–Trinajstić information content (AvgIpc) is 2.90. The van der Waals surface area contributed by atoms with Crippen molar-refractivity contribution in [2.75, 3.05) is 0 Å². The van der Waals surface area contributed by atoms with Gasteiger partial charge in [0.2, 0.25) is 0 Å². The minimum atomic E-state index is -0.558. The summed E-state index contributed by atoms with van der Waals surface area (Å²) in [5, 5.41) is 12.6. The van der Waals surface area contributed by atoms with Gasteiger partial charge in [-0.1, -0.05) is 25.0 Å². The van der Waals surface area contributed by atoms with Gasteiger partial charge in [0.05, 0.1) is 5.56 Å². The Hall–Kier alpha value is -1.84. The summed E-state index contributed by atoms with van der Waals surface area (Å²) in [6.07, 6.45) is 3.72. The van der Waals surface area contributed by atoms with E-state index in [0.29, 0.717) is 11.4 Å². The normalized spacial score (nSPS) is 21.6. The first-order valence-corrected chi connectivity index (χ1v) is 5.91. The highest BCUT2D eigenvalue weighted by atomic mass is 16.3. The molecule has 88 valence electrons. The van der Waals surface area contributed by atoms with E-state index in [1.54, 1.807) is 18.2 Å². The molecule has 1 aliphatic heterocycles. The smallest absolute Gasteiger partial charge is 0.253 e. The fourth-order valence-corrected chi connectivity index (χ4v) is 2.62. The van der Waals surface area contributed by atoms with Gasteiger partial charge in [-0.3, -0.25) is 9.79 Å². The molecule has 0 atom stereocenters. The van der Waals surface area contributed by atoms with Crippen LogP contribution in [0.5, 0.6) is 5.75 Å². The lowest BCUT2D eigenvalue weighted by molar-refractivity contribution is -0.123. The van der Waals surface area contributed by atoms with Gasteiger partial charge in [-0.15, -0.1) is 0 Å². The lowest BCUT2D eigenvalue weighted by Crippen LogP contribution is -2.37. The molecule has 1 aromatic carbocycles. The number of phenols is 1. The lowest BCUT2D eigenvalue weighted by atomic mass is 9.99. The largest absolute Gasteiger partial charge is 0.507 e. The van der Waals surface area contributed by atoms with Crippen LogP contribution in [0.15, 0.2) is 29.3 Å². The van der Waals surface area contributed by atoms with Gasteiger partial charge in [0.1, 0.15) is 17.1 Å². The van der Waals surface area contributed by atoms with E-state index < -0.39 is 5.54 Å². The van der Waals surface area contributed by atoms with Crippen LogP contribution in [0.1, 0.15) is 31.2 Å². The summed E-state index contributed by atoms with van der Waals surface area (Å²) in [4.78, 5) is 16.5. The third-order valence-electron chi connectivity index (χ3n) is 3.57. The predicted molar refractivity (Wildman–Crippen MR) is 64.0 cm³/mol. The Morgan fingerprint density at radius 3 is 2.65 bits per heavy atom. The highest BCUT2D eigenvalue weighted by Crippen LogP contribution is 2.37. The monoisotopic (exact) mass is 230 g/mol. The van der Waals surface area contributed by atoms with Crippen LogP contribution in [0.25, 0.3) is 0 Å². The first-order valence-electron chi connectivity index (χ1n) is 5.91. The van der Waals surface area contributed by atoms with Gasteiger partial charge < -0.3 is 10.4 Å². The van der Waals surface area contributed by atoms with Crippen LogP contribution in [0, 0.1) is 0 Å². The maximum Gasteiger partial charge on any atom is 0.253 e. The van der Waals surface area contributed by atoms with E-state index in [1.807, 2.05) is 6.07 Å². The number of hydrogen-bond acceptors (Lipinski definition) is 3. The molecule has 1 aromatic rings. The number of carbonyl (C=O) groups excluding carboxylic acids is 1. The molecule has 1 amide bonds. The number of benzene rings is 1. The molecule has 4 nitrogen and oxygen atoms in total. The summed E-state index contributed by atoms with van der Waals surface area (Å²) >= 11 is 0. The quantitative estimate of drug-likeness (QED) is 0.769. The number of amidine groups is 1. The van der Waals surface area contributed by atoms with Crippen LogP contribution >= 0.6 is 0 Å². The molecule has 2 aliphatic rings. The molecule has 3 rings (SSSR count). The Morgan fingerprint density at radius 2 is 1.94 bits per heavy atom. The zero-order chi connectivity index (χ0) is 11.9. The summed E-state index contributed by atoms with van der Waals surface area (Å²) in [5.41, 5.74) is 0.0436. The van der Waals surface area contributed by atoms with Gasteiger partial charge in [0.25, 0.3) is 5.91 Å². The van der Waals surface area contributed by atoms with Crippen molar-refractivity contribution in [2.45, 2.75) is 31.2 Å². The standard InChI is InChI=1S/C13H14N2O2/c16-10-6-2-1-5-9(10)11-14-12(17)13(15-11)7-3-4-8-13/h1-2,5-6,16H,3-4,7-8H2,(H,14,15,17). The van der Waals surface area contributed by atoms with E-state index >= 15 is 0 Å². The van der Waals surface area contributed by atoms with Crippen molar-refractivity contribution in [3.63, 3.8) is 0 Å². The first-order chi connectivity index (χ1) is 8.21. The predicted octanol–water partition coefficient (Wildman–Crippen LogP) is 1.58. The van der Waals surface area contributed by atoms with Crippen LogP contribution in [-0.4, -0.2) is 22.4 Å². The minimum Gasteiger partial charge on any atom is -0.507 e. The van der Waals surface area contributed by atoms with Gasteiger partial charge in [0, 0.05) is 0 Å². The van der Waals surface area contributed by atoms with Crippen molar-refractivity contribution in [1.82, 2.24) is 5.32 Å². The lowest BCUT2D eigenvalue weighted by Gasteiger charge is -2.14. The number of nitrogens with one attached hydrogen (secondary N) is 1. The average molecular weight is 230 g/mol. The molecule has 17 heavy (non-hydrogen) atoms. The van der Waals surface area contributed by atoms with Crippen molar-refractivity contribution < 1.29 is 9.90 Å². The number of phenolic OH excluding ortho intramolecular Hbond substituents is 1. The second-order valence-corrected chi connectivity index (χ2v) is 4.67. The first kappa shape index (κ1) is 10.3. The van der Waals surface area contributed by atoms with Crippen molar-refractivity contribution in [3.05, 3.63) is 29.8 Å². The molecule has 0 saturated heterocycles. The van der Waals surface area contributed by atoms with Crippen LogP contribution in [0.4, 0.5) is 0 Å². The molecular formula is C13H14N2O2. The summed E-state index contributed by atoms with van der Waals surface area (Å²) in [6.45, 7) is 0. The summed E-state index contributed by atoms with van der Waals surface area (Å²) < 4.78 is 0. The van der Waals surface area contributed by atoms with E-state index in [9.17, 15) is 9.90 Å². The Kier molecular flexibility index (Phi) is 2.18. The number of aliphatic imine (C=N–C) groups is 1. The maximum absolute atomic E-state index is 12.0. The van der Waals surface area contributed by atoms with Crippen molar-refractivity contribution in [3.8, 4) is 5.75 Å². The number of rotatable bonds is 1. The molecule has 0 radical (unpaired) electrons. The summed E-state index contributed by atoms with van der Waals surface area (Å²) in [7, 11) is 0. The molecular weight excluding hydrogens is 216 g/mol. The zero-order valence-electron chi connectivity index (χ0n) is 9.44. The third kappa shape index (κ3) is 1.52. The third-order valence-corrected chi connectivity index (χ3v) is 3.57. The molecule has 1 saturated carbocycles. The van der Waals surface area contributed by atoms with Gasteiger partial charge in [0.15, 0.2) is 0 Å². The molecule has 1 heterocycles. The van der Waals surface area contributed by atoms with Gasteiger partial charge >= 0.3 is 0 Å². The highest BCUT2D eigenvalue weighted by molar-refractivity contribution is 6.16. The van der Waals surface area contributed by atoms with Crippen LogP contribution in [0.3, 0.4) is 0 Å². The van der Waals surface area contributed by atoms with E-state index in [-0.39, 0.29) is 11.7 Å². The van der Waals surface area contributed by atoms with E-state index in [4.69, 9.17) is 0 Å². The Bertz CT molecular complexity index is 502. The topological polar surface area (TPSA) is 61.7 Å². The Morgan fingerprint density at radius 1 is 1.24 bits per heavy atom. The van der Waals surface area contributed by atoms with E-state index in [1.165, 1.54) is 0 Å². The SMILES string of the molecule is O=C1NC(c2ccccc2O)=NC12CCCC2. The van der Waals surface area contributed by atoms with Crippen molar-refractivity contribution >= 4 is 11.7 Å². The number of para-hydroxylation sites is 1. The molecule has 1 aliphatic carbocycles. The minimum absolute atomic E-state index is 0.0201. The summed E-state index contributed by atoms with van der Waals surface area (Å²) in [5.74, 6) is 0.643. The summed E-state index contributed by atoms with van der Waals surface area (Å²) in [6, 6.07) is 6.94. The van der Waals surface area contributed by atoms with Gasteiger partial charge in [-0.2, -0.15) is 0 Å². The number of amides is 1. The number of aromatic hydroxyl groups is 1. The fraction of sp³-hybridized carbons (Fsp3) is 0.385. The van der Waals surface area contributed by atoms with Crippen LogP contribution in [-0.2, 0) is 4.79 Å². The number of carbonyl (C=O) groups is 1. The van der Waals surface area contributed by atoms with Crippen molar-refractivity contribution in [2.24, 2.45) is 4.99 Å². The Balaban J connectivity index is 2.01. The van der Waals surface area contributed by atoms with E-state index in [2.05, 4.69) is 10.3 Å². The number of nitrogens with zero attached hydrogens (tertiary/aromatic N) is 1. The maximum atomic E-state index is 12.0. The molecule has 1 spiro atoms. The van der Waals surface area contributed by atoms with E-state index in [0.717, 1.165) is 25.7 Å². The Labute approximate surface area is 99.4 Å². The van der Waals surface area contributed by atoms with Gasteiger partial charge in [-0.25, -0.2) is 0 Å². The second kappa shape index (κ2) is 3.58. The van der Waals surface area contributed by atoms with Gasteiger partial charge in [-0.05, 0) is 25.0 Å². The highest BCUT2D eigenvalue weighted by Gasteiger charge is 2.45. The molecule has 0 unspecified atom stereocenters. The second-order valence-electron chi connectivity index (χ2n) is 4.67. The fourth-order valence-electron chi connectivity index (χ4n) is 2.62. The van der Waals surface area contributed by atoms with Crippen molar-refractivity contribution in [1.29, 1.82) is 0 Å². The molecule has 0 aromatic heterocycles. The van der Waals surface area contributed by atoms with Crippen LogP contribution < -0.4 is 5.32 Å². The molecule has 0 bridgehead atoms. The molecule has 2 N–H and O–H groups in total. The molecule has 1 fully saturated rings. The molecule has 4 heteroatoms.